The monoisotopic (exact) mass is 256 g/mol. The van der Waals surface area contributed by atoms with E-state index in [0.717, 1.165) is 4.90 Å². The molecule has 1 fully saturated rings. The van der Waals surface area contributed by atoms with Crippen molar-refractivity contribution in [2.24, 2.45) is 11.3 Å². The van der Waals surface area contributed by atoms with Crippen LogP contribution in [0.3, 0.4) is 0 Å². The lowest BCUT2D eigenvalue weighted by Gasteiger charge is -2.33. The van der Waals surface area contributed by atoms with Gasteiger partial charge in [-0.2, -0.15) is 0 Å². The van der Waals surface area contributed by atoms with Gasteiger partial charge in [-0.3, -0.25) is 24.6 Å². The van der Waals surface area contributed by atoms with Gasteiger partial charge in [0.05, 0.1) is 12.5 Å². The van der Waals surface area contributed by atoms with Crippen LogP contribution < -0.4 is 5.32 Å². The summed E-state index contributed by atoms with van der Waals surface area (Å²) in [7, 11) is 1.23. The number of esters is 1. The number of nitrogens with one attached hydrogen (secondary N) is 1. The number of urea groups is 1. The highest BCUT2D eigenvalue weighted by atomic mass is 16.5. The molecule has 1 heterocycles. The molecule has 1 aliphatic rings. The number of barbiturate groups is 1. The van der Waals surface area contributed by atoms with Crippen LogP contribution in [0.15, 0.2) is 0 Å². The van der Waals surface area contributed by atoms with Crippen molar-refractivity contribution in [3.8, 4) is 0 Å². The molecular weight excluding hydrogens is 240 g/mol. The molecule has 0 aliphatic carbocycles. The van der Waals surface area contributed by atoms with E-state index >= 15 is 0 Å². The number of amides is 4. The number of carbonyl (C=O) groups excluding carboxylic acids is 4. The Morgan fingerprint density at radius 3 is 2.44 bits per heavy atom. The first kappa shape index (κ1) is 14.1. The van der Waals surface area contributed by atoms with Gasteiger partial charge in [0.1, 0.15) is 5.92 Å². The van der Waals surface area contributed by atoms with Crippen LogP contribution in [0, 0.1) is 11.3 Å². The zero-order valence-corrected chi connectivity index (χ0v) is 10.8. The van der Waals surface area contributed by atoms with Crippen LogP contribution in [0.1, 0.15) is 20.8 Å². The maximum absolute atomic E-state index is 11.8. The molecule has 1 saturated heterocycles. The summed E-state index contributed by atoms with van der Waals surface area (Å²) >= 11 is 0. The molecule has 7 nitrogen and oxygen atoms in total. The zero-order chi connectivity index (χ0) is 14.1. The highest BCUT2D eigenvalue weighted by Gasteiger charge is 2.42. The van der Waals surface area contributed by atoms with Crippen molar-refractivity contribution in [3.05, 3.63) is 0 Å². The van der Waals surface area contributed by atoms with Crippen LogP contribution in [-0.2, 0) is 19.1 Å². The Bertz CT molecular complexity index is 416. The lowest BCUT2D eigenvalue weighted by molar-refractivity contribution is -0.153. The summed E-state index contributed by atoms with van der Waals surface area (Å²) in [5.41, 5.74) is -1.03. The maximum Gasteiger partial charge on any atom is 0.330 e. The number of carbonyl (C=O) groups is 4. The van der Waals surface area contributed by atoms with Gasteiger partial charge in [0, 0.05) is 6.54 Å². The van der Waals surface area contributed by atoms with Gasteiger partial charge in [0.25, 0.3) is 0 Å². The fourth-order valence-corrected chi connectivity index (χ4v) is 1.61. The van der Waals surface area contributed by atoms with Crippen LogP contribution in [0.5, 0.6) is 0 Å². The molecule has 0 aromatic carbocycles. The molecule has 1 N–H and O–H groups in total. The van der Waals surface area contributed by atoms with E-state index in [-0.39, 0.29) is 6.54 Å². The Morgan fingerprint density at radius 2 is 1.94 bits per heavy atom. The number of ether oxygens (including phenoxy) is 1. The van der Waals surface area contributed by atoms with Gasteiger partial charge in [0.2, 0.25) is 11.8 Å². The van der Waals surface area contributed by atoms with Crippen molar-refractivity contribution in [2.45, 2.75) is 20.8 Å². The first-order valence-corrected chi connectivity index (χ1v) is 5.45. The lowest BCUT2D eigenvalue weighted by Crippen LogP contribution is -2.59. The van der Waals surface area contributed by atoms with Gasteiger partial charge in [-0.1, -0.05) is 0 Å². The van der Waals surface area contributed by atoms with Gasteiger partial charge in [-0.25, -0.2) is 4.79 Å². The van der Waals surface area contributed by atoms with E-state index in [1.165, 1.54) is 14.0 Å². The summed E-state index contributed by atoms with van der Waals surface area (Å²) in [6, 6.07) is -0.805. The molecule has 4 amide bonds. The van der Waals surface area contributed by atoms with Crippen molar-refractivity contribution in [1.82, 2.24) is 10.2 Å². The van der Waals surface area contributed by atoms with Crippen molar-refractivity contribution >= 4 is 23.8 Å². The second kappa shape index (κ2) is 4.75. The summed E-state index contributed by atoms with van der Waals surface area (Å²) in [6.45, 7) is 4.38. The van der Waals surface area contributed by atoms with E-state index < -0.39 is 35.1 Å². The Kier molecular flexibility index (Phi) is 3.73. The number of hydrogen-bond acceptors (Lipinski definition) is 5. The fourth-order valence-electron chi connectivity index (χ4n) is 1.61. The van der Waals surface area contributed by atoms with E-state index in [0.29, 0.717) is 0 Å². The summed E-state index contributed by atoms with van der Waals surface area (Å²) in [5, 5.41) is 2.06. The summed E-state index contributed by atoms with van der Waals surface area (Å²) < 4.78 is 4.60. The molecule has 18 heavy (non-hydrogen) atoms. The smallest absolute Gasteiger partial charge is 0.330 e. The molecule has 7 heteroatoms. The standard InChI is InChI=1S/C11H16N2O5/c1-6-7(14)12-10(17)13(8(6)15)5-11(2,3)9(16)18-4/h6H,5H2,1-4H3,(H,12,14,17). The summed E-state index contributed by atoms with van der Waals surface area (Å²) in [5.74, 6) is -2.71. The Hall–Kier alpha value is -1.92. The van der Waals surface area contributed by atoms with E-state index in [2.05, 4.69) is 10.1 Å². The maximum atomic E-state index is 11.8. The number of hydrogen-bond donors (Lipinski definition) is 1. The van der Waals surface area contributed by atoms with Crippen molar-refractivity contribution in [1.29, 1.82) is 0 Å². The Balaban J connectivity index is 2.89. The van der Waals surface area contributed by atoms with E-state index in [1.54, 1.807) is 13.8 Å². The van der Waals surface area contributed by atoms with Gasteiger partial charge < -0.3 is 4.74 Å². The largest absolute Gasteiger partial charge is 0.469 e. The summed E-state index contributed by atoms with van der Waals surface area (Å²) in [4.78, 5) is 47.0. The third-order valence-corrected chi connectivity index (χ3v) is 2.80. The van der Waals surface area contributed by atoms with E-state index in [1.807, 2.05) is 0 Å². The van der Waals surface area contributed by atoms with Gasteiger partial charge in [0.15, 0.2) is 0 Å². The molecule has 1 unspecified atom stereocenters. The predicted molar refractivity (Wildman–Crippen MR) is 60.2 cm³/mol. The molecular formula is C11H16N2O5. The zero-order valence-electron chi connectivity index (χ0n) is 10.8. The molecule has 1 rings (SSSR count). The highest BCUT2D eigenvalue weighted by Crippen LogP contribution is 2.21. The minimum atomic E-state index is -1.03. The lowest BCUT2D eigenvalue weighted by atomic mass is 9.92. The highest BCUT2D eigenvalue weighted by molar-refractivity contribution is 6.16. The SMILES string of the molecule is COC(=O)C(C)(C)CN1C(=O)NC(=O)C(C)C1=O. The Labute approximate surface area is 104 Å². The van der Waals surface area contributed by atoms with Crippen LogP contribution in [0.4, 0.5) is 4.79 Å². The third-order valence-electron chi connectivity index (χ3n) is 2.80. The summed E-state index contributed by atoms with van der Waals surface area (Å²) in [6.07, 6.45) is 0. The van der Waals surface area contributed by atoms with Crippen LogP contribution in [0.2, 0.25) is 0 Å². The second-order valence-corrected chi connectivity index (χ2v) is 4.82. The minimum Gasteiger partial charge on any atom is -0.469 e. The molecule has 1 atom stereocenters. The quantitative estimate of drug-likeness (QED) is 0.562. The van der Waals surface area contributed by atoms with Crippen LogP contribution in [-0.4, -0.2) is 42.4 Å². The fraction of sp³-hybridized carbons (Fsp3) is 0.636. The predicted octanol–water partition coefficient (Wildman–Crippen LogP) is -0.0999. The topological polar surface area (TPSA) is 92.8 Å². The molecule has 100 valence electrons. The van der Waals surface area contributed by atoms with Crippen molar-refractivity contribution in [3.63, 3.8) is 0 Å². The van der Waals surface area contributed by atoms with E-state index in [9.17, 15) is 19.2 Å². The van der Waals surface area contributed by atoms with Gasteiger partial charge in [-0.15, -0.1) is 0 Å². The number of methoxy groups -OCH3 is 1. The molecule has 0 radical (unpaired) electrons. The van der Waals surface area contributed by atoms with Gasteiger partial charge in [-0.05, 0) is 20.8 Å². The Morgan fingerprint density at radius 1 is 1.39 bits per heavy atom. The molecule has 1 aliphatic heterocycles. The molecule has 0 bridgehead atoms. The van der Waals surface area contributed by atoms with Crippen molar-refractivity contribution in [2.75, 3.05) is 13.7 Å². The molecule has 0 aromatic heterocycles. The minimum absolute atomic E-state index is 0.137. The molecule has 0 aromatic rings. The van der Waals surface area contributed by atoms with Crippen molar-refractivity contribution < 1.29 is 23.9 Å². The first-order chi connectivity index (χ1) is 8.20. The average molecular weight is 256 g/mol. The van der Waals surface area contributed by atoms with Crippen LogP contribution >= 0.6 is 0 Å². The van der Waals surface area contributed by atoms with Gasteiger partial charge >= 0.3 is 12.0 Å². The molecule has 0 spiro atoms. The number of rotatable bonds is 3. The third kappa shape index (κ3) is 2.49. The van der Waals surface area contributed by atoms with Crippen LogP contribution in [0.25, 0.3) is 0 Å². The number of imide groups is 2. The van der Waals surface area contributed by atoms with E-state index in [4.69, 9.17) is 0 Å². The number of nitrogens with zero attached hydrogens (tertiary/aromatic N) is 1. The second-order valence-electron chi connectivity index (χ2n) is 4.82. The first-order valence-electron chi connectivity index (χ1n) is 5.45. The average Bonchev–Trinajstić information content (AvgIpc) is 2.31. The normalized spacial score (nSPS) is 20.8. The molecule has 0 saturated carbocycles.